The molecule has 0 radical (unpaired) electrons. The summed E-state index contributed by atoms with van der Waals surface area (Å²) in [6.07, 6.45) is 0.965. The Morgan fingerprint density at radius 2 is 1.75 bits per heavy atom. The van der Waals surface area contributed by atoms with Gasteiger partial charge in [0.25, 0.3) is 5.92 Å². The predicted molar refractivity (Wildman–Crippen MR) is 142 cm³/mol. The Kier molecular flexibility index (Phi) is 6.89. The highest BCUT2D eigenvalue weighted by molar-refractivity contribution is 8.26. The highest BCUT2D eigenvalue weighted by atomic mass is 35.5. The van der Waals surface area contributed by atoms with Gasteiger partial charge in [0.2, 0.25) is 10.0 Å². The van der Waals surface area contributed by atoms with Crippen LogP contribution in [0.2, 0.25) is 0 Å². The second-order valence-corrected chi connectivity index (χ2v) is 13.3. The summed E-state index contributed by atoms with van der Waals surface area (Å²) in [6, 6.07) is 9.19. The van der Waals surface area contributed by atoms with Gasteiger partial charge in [-0.1, -0.05) is 12.1 Å². The summed E-state index contributed by atoms with van der Waals surface area (Å²) in [5.74, 6) is -2.92. The first-order chi connectivity index (χ1) is 16.3. The predicted octanol–water partition coefficient (Wildman–Crippen LogP) is 4.05. The van der Waals surface area contributed by atoms with E-state index >= 15 is 0 Å². The van der Waals surface area contributed by atoms with Gasteiger partial charge < -0.3 is 4.90 Å². The minimum absolute atomic E-state index is 0. The number of fused-ring (bicyclic) bond motifs is 1. The molecular formula is C22H30ClF2N5O4S2. The van der Waals surface area contributed by atoms with Crippen molar-refractivity contribution in [2.75, 3.05) is 59.5 Å². The van der Waals surface area contributed by atoms with Crippen molar-refractivity contribution in [3.63, 3.8) is 0 Å². The fourth-order valence-corrected chi connectivity index (χ4v) is 6.98. The number of rotatable bonds is 5. The Morgan fingerprint density at radius 1 is 1.11 bits per heavy atom. The minimum atomic E-state index is -3.43. The molecule has 36 heavy (non-hydrogen) atoms. The molecule has 2 fully saturated rings. The summed E-state index contributed by atoms with van der Waals surface area (Å²) in [5.41, 5.74) is 3.45. The third kappa shape index (κ3) is 4.72. The fourth-order valence-electron chi connectivity index (χ4n) is 4.65. The van der Waals surface area contributed by atoms with E-state index in [2.05, 4.69) is 0 Å². The summed E-state index contributed by atoms with van der Waals surface area (Å²) in [4.78, 5) is 6.89. The fraction of sp³-hybridized carbons (Fsp3) is 0.500. The van der Waals surface area contributed by atoms with Gasteiger partial charge in [-0.2, -0.15) is 4.31 Å². The number of nitrogens with zero attached hydrogens (tertiary/aromatic N) is 5. The van der Waals surface area contributed by atoms with Gasteiger partial charge in [-0.25, -0.2) is 22.2 Å². The van der Waals surface area contributed by atoms with Gasteiger partial charge in [0.05, 0.1) is 23.3 Å². The summed E-state index contributed by atoms with van der Waals surface area (Å²) >= 11 is 0. The zero-order valence-electron chi connectivity index (χ0n) is 20.1. The first kappa shape index (κ1) is 27.1. The van der Waals surface area contributed by atoms with Crippen LogP contribution in [0.3, 0.4) is 0 Å². The van der Waals surface area contributed by atoms with Crippen molar-refractivity contribution in [1.82, 2.24) is 9.29 Å². The first-order valence-electron chi connectivity index (χ1n) is 11.3. The molecule has 1 saturated heterocycles. The maximum Gasteiger partial charge on any atom is 0.253 e. The van der Waals surface area contributed by atoms with E-state index in [4.69, 9.17) is 4.98 Å². The van der Waals surface area contributed by atoms with Crippen molar-refractivity contribution in [1.29, 1.82) is 0 Å². The average molecular weight is 566 g/mol. The van der Waals surface area contributed by atoms with Crippen LogP contribution in [0.1, 0.15) is 12.0 Å². The number of alkyl halides is 2. The van der Waals surface area contributed by atoms with Crippen LogP contribution in [0.5, 0.6) is 0 Å². The van der Waals surface area contributed by atoms with E-state index in [9.17, 15) is 26.3 Å². The van der Waals surface area contributed by atoms with Crippen LogP contribution in [-0.4, -0.2) is 78.8 Å². The third-order valence-corrected chi connectivity index (χ3v) is 10.1. The molecular weight excluding hydrogens is 536 g/mol. The standard InChI is InChI=1S/C22H29F2N5O4S2.ClH/c1-15-4-7-20(27-8-10-28(11-9-27)34(3,30)31)25-21(15)16-5-6-18-19(12-16)26(2)35(32,33)29(18)14-17-13-22(17,23)24;/h4-7,12,17,32-33H,8-11,13-14H2,1-3H3;1H. The van der Waals surface area contributed by atoms with E-state index in [1.165, 1.54) is 19.2 Å². The summed E-state index contributed by atoms with van der Waals surface area (Å²) < 4.78 is 76.3. The molecule has 3 aliphatic rings. The van der Waals surface area contributed by atoms with Crippen molar-refractivity contribution < 1.29 is 26.3 Å². The number of hydrogen-bond acceptors (Lipinski definition) is 8. The van der Waals surface area contributed by atoms with Crippen molar-refractivity contribution >= 4 is 50.6 Å². The normalized spacial score (nSPS) is 23.8. The lowest BCUT2D eigenvalue weighted by Crippen LogP contribution is -2.48. The topological polar surface area (TPSA) is 100 Å². The van der Waals surface area contributed by atoms with E-state index in [0.717, 1.165) is 16.9 Å². The zero-order chi connectivity index (χ0) is 25.3. The second kappa shape index (κ2) is 9.14. The molecule has 1 saturated carbocycles. The summed E-state index contributed by atoms with van der Waals surface area (Å²) in [5, 5.41) is 0. The van der Waals surface area contributed by atoms with Crippen LogP contribution in [0, 0.1) is 12.8 Å². The number of halogens is 3. The molecule has 1 atom stereocenters. The van der Waals surface area contributed by atoms with E-state index in [-0.39, 0.29) is 25.4 Å². The first-order valence-corrected chi connectivity index (χ1v) is 14.6. The van der Waals surface area contributed by atoms with Crippen LogP contribution >= 0.6 is 23.4 Å². The number of anilines is 3. The van der Waals surface area contributed by atoms with Crippen molar-refractivity contribution in [3.05, 3.63) is 35.9 Å². The number of aryl methyl sites for hydroxylation is 1. The largest absolute Gasteiger partial charge is 0.354 e. The molecule has 9 nitrogen and oxygen atoms in total. The van der Waals surface area contributed by atoms with Crippen molar-refractivity contribution in [2.24, 2.45) is 5.92 Å². The Morgan fingerprint density at radius 3 is 2.33 bits per heavy atom. The van der Waals surface area contributed by atoms with E-state index < -0.39 is 32.8 Å². The molecule has 200 valence electrons. The minimum Gasteiger partial charge on any atom is -0.354 e. The third-order valence-electron chi connectivity index (χ3n) is 6.98. The molecule has 0 bridgehead atoms. The zero-order valence-corrected chi connectivity index (χ0v) is 22.6. The highest BCUT2D eigenvalue weighted by Gasteiger charge is 2.59. The molecule has 1 aliphatic carbocycles. The lowest BCUT2D eigenvalue weighted by molar-refractivity contribution is 0.101. The highest BCUT2D eigenvalue weighted by Crippen LogP contribution is 2.63. The van der Waals surface area contributed by atoms with Gasteiger partial charge in [-0.15, -0.1) is 12.4 Å². The molecule has 2 aromatic rings. The lowest BCUT2D eigenvalue weighted by atomic mass is 10.0. The van der Waals surface area contributed by atoms with Crippen molar-refractivity contribution in [2.45, 2.75) is 19.3 Å². The summed E-state index contributed by atoms with van der Waals surface area (Å²) in [7, 11) is -5.12. The van der Waals surface area contributed by atoms with Crippen LogP contribution < -0.4 is 13.5 Å². The average Bonchev–Trinajstić information content (AvgIpc) is 3.36. The van der Waals surface area contributed by atoms with Gasteiger partial charge >= 0.3 is 0 Å². The number of hydrogen-bond donors (Lipinski definition) is 2. The second-order valence-electron chi connectivity index (χ2n) is 9.40. The van der Waals surface area contributed by atoms with Crippen molar-refractivity contribution in [3.8, 4) is 11.3 Å². The number of aromatic nitrogens is 1. The molecule has 2 N–H and O–H groups in total. The maximum atomic E-state index is 13.5. The molecule has 2 aliphatic heterocycles. The molecule has 0 amide bonds. The van der Waals surface area contributed by atoms with Gasteiger partial charge in [0, 0.05) is 57.7 Å². The SMILES string of the molecule is Cc1ccc(N2CCN(S(C)(=O)=O)CC2)nc1-c1ccc2c(c1)N(C)S(O)(O)N2CC1CC1(F)F.Cl. The monoisotopic (exact) mass is 565 g/mol. The quantitative estimate of drug-likeness (QED) is 0.560. The smallest absolute Gasteiger partial charge is 0.253 e. The van der Waals surface area contributed by atoms with Gasteiger partial charge in [-0.05, 0) is 41.6 Å². The van der Waals surface area contributed by atoms with Gasteiger partial charge in [-0.3, -0.25) is 17.7 Å². The maximum absolute atomic E-state index is 13.5. The molecule has 1 aromatic carbocycles. The Hall–Kier alpha value is -1.90. The van der Waals surface area contributed by atoms with Gasteiger partial charge in [0.1, 0.15) is 5.82 Å². The van der Waals surface area contributed by atoms with Crippen LogP contribution in [-0.2, 0) is 10.0 Å². The number of pyridine rings is 1. The molecule has 14 heteroatoms. The van der Waals surface area contributed by atoms with Gasteiger partial charge in [0.15, 0.2) is 0 Å². The Bertz CT molecular complexity index is 1280. The summed E-state index contributed by atoms with van der Waals surface area (Å²) in [6.45, 7) is 3.63. The molecule has 1 unspecified atom stereocenters. The lowest BCUT2D eigenvalue weighted by Gasteiger charge is -2.42. The molecule has 0 spiro atoms. The van der Waals surface area contributed by atoms with E-state index in [0.29, 0.717) is 43.2 Å². The Labute approximate surface area is 217 Å². The molecule has 3 heterocycles. The van der Waals surface area contributed by atoms with Crippen LogP contribution in [0.15, 0.2) is 30.3 Å². The number of benzene rings is 1. The van der Waals surface area contributed by atoms with E-state index in [1.807, 2.05) is 30.0 Å². The Balaban J connectivity index is 0.00000304. The molecule has 5 rings (SSSR count). The van der Waals surface area contributed by atoms with Crippen LogP contribution in [0.4, 0.5) is 26.0 Å². The number of sulfonamides is 1. The number of piperazine rings is 1. The molecule has 1 aromatic heterocycles. The van der Waals surface area contributed by atoms with Crippen LogP contribution in [0.25, 0.3) is 11.3 Å². The van der Waals surface area contributed by atoms with E-state index in [1.54, 1.807) is 19.2 Å².